The van der Waals surface area contributed by atoms with Crippen LogP contribution in [0.1, 0.15) is 33.6 Å². The van der Waals surface area contributed by atoms with Crippen molar-refractivity contribution in [2.24, 2.45) is 0 Å². The minimum atomic E-state index is -3.45. The summed E-state index contributed by atoms with van der Waals surface area (Å²) in [7, 11) is -3.45. The van der Waals surface area contributed by atoms with Gasteiger partial charge in [0, 0.05) is 19.6 Å². The van der Waals surface area contributed by atoms with Crippen LogP contribution in [0.4, 0.5) is 0 Å². The molecule has 3 rings (SSSR count). The van der Waals surface area contributed by atoms with Crippen molar-refractivity contribution in [3.8, 4) is 0 Å². The zero-order valence-corrected chi connectivity index (χ0v) is 15.1. The summed E-state index contributed by atoms with van der Waals surface area (Å²) in [6, 6.07) is 11.0. The number of thiophene rings is 1. The van der Waals surface area contributed by atoms with Gasteiger partial charge in [-0.3, -0.25) is 4.79 Å². The Morgan fingerprint density at radius 3 is 2.46 bits per heavy atom. The lowest BCUT2D eigenvalue weighted by Gasteiger charge is -2.13. The average Bonchev–Trinajstić information content (AvgIpc) is 3.26. The fraction of sp³-hybridized carbons (Fsp3) is 0.353. The molecule has 128 valence electrons. The average molecular weight is 364 g/mol. The van der Waals surface area contributed by atoms with Crippen LogP contribution in [0.3, 0.4) is 0 Å². The molecular formula is C17H20N2O3S2. The number of nitrogens with one attached hydrogen (secondary N) is 1. The minimum absolute atomic E-state index is 0.241. The van der Waals surface area contributed by atoms with E-state index in [4.69, 9.17) is 0 Å². The number of carbonyl (C=O) groups is 1. The van der Waals surface area contributed by atoms with Gasteiger partial charge in [0.1, 0.15) is 4.21 Å². The first-order valence-electron chi connectivity index (χ1n) is 7.90. The molecule has 1 amide bonds. The van der Waals surface area contributed by atoms with Gasteiger partial charge in [0.15, 0.2) is 0 Å². The van der Waals surface area contributed by atoms with Crippen LogP contribution < -0.4 is 5.32 Å². The number of hydrogen-bond donors (Lipinski definition) is 1. The molecule has 2 heterocycles. The highest BCUT2D eigenvalue weighted by Gasteiger charge is 2.29. The van der Waals surface area contributed by atoms with E-state index < -0.39 is 10.0 Å². The van der Waals surface area contributed by atoms with Crippen molar-refractivity contribution in [2.75, 3.05) is 13.1 Å². The van der Waals surface area contributed by atoms with E-state index in [1.54, 1.807) is 6.07 Å². The molecule has 1 aliphatic heterocycles. The van der Waals surface area contributed by atoms with Gasteiger partial charge in [-0.05, 0) is 37.5 Å². The second kappa shape index (κ2) is 7.04. The molecule has 1 N–H and O–H groups in total. The second-order valence-electron chi connectivity index (χ2n) is 5.90. The van der Waals surface area contributed by atoms with Gasteiger partial charge in [-0.1, -0.05) is 29.8 Å². The van der Waals surface area contributed by atoms with Crippen molar-refractivity contribution in [1.82, 2.24) is 9.62 Å². The van der Waals surface area contributed by atoms with Crippen LogP contribution in [-0.4, -0.2) is 31.7 Å². The highest BCUT2D eigenvalue weighted by molar-refractivity contribution is 7.91. The minimum Gasteiger partial charge on any atom is -0.347 e. The maximum absolute atomic E-state index is 12.5. The Kier molecular flexibility index (Phi) is 5.03. The summed E-state index contributed by atoms with van der Waals surface area (Å²) < 4.78 is 26.7. The second-order valence-corrected chi connectivity index (χ2v) is 9.15. The predicted molar refractivity (Wildman–Crippen MR) is 94.7 cm³/mol. The smallest absolute Gasteiger partial charge is 0.261 e. The van der Waals surface area contributed by atoms with E-state index in [-0.39, 0.29) is 10.1 Å². The number of rotatable bonds is 5. The number of aryl methyl sites for hydroxylation is 1. The lowest BCUT2D eigenvalue weighted by molar-refractivity contribution is 0.0955. The van der Waals surface area contributed by atoms with Gasteiger partial charge in [-0.25, -0.2) is 8.42 Å². The molecule has 0 saturated carbocycles. The zero-order valence-electron chi connectivity index (χ0n) is 13.5. The fourth-order valence-corrected chi connectivity index (χ4v) is 5.51. The number of amides is 1. The van der Waals surface area contributed by atoms with E-state index in [0.717, 1.165) is 29.7 Å². The van der Waals surface area contributed by atoms with Crippen LogP contribution in [0.15, 0.2) is 40.6 Å². The first kappa shape index (κ1) is 17.1. The van der Waals surface area contributed by atoms with Gasteiger partial charge in [-0.15, -0.1) is 11.3 Å². The number of sulfonamides is 1. The molecule has 0 radical (unpaired) electrons. The van der Waals surface area contributed by atoms with Crippen LogP contribution in [-0.2, 0) is 16.6 Å². The Balaban J connectivity index is 1.66. The molecule has 5 nitrogen and oxygen atoms in total. The number of hydrogen-bond acceptors (Lipinski definition) is 4. The molecule has 1 aliphatic rings. The zero-order chi connectivity index (χ0) is 17.2. The van der Waals surface area contributed by atoms with Crippen LogP contribution in [0.25, 0.3) is 0 Å². The molecule has 1 fully saturated rings. The van der Waals surface area contributed by atoms with Crippen LogP contribution in [0.5, 0.6) is 0 Å². The molecule has 1 aromatic heterocycles. The molecule has 1 saturated heterocycles. The lowest BCUT2D eigenvalue weighted by Crippen LogP contribution is -2.27. The van der Waals surface area contributed by atoms with E-state index in [1.807, 2.05) is 31.2 Å². The van der Waals surface area contributed by atoms with Crippen molar-refractivity contribution >= 4 is 27.3 Å². The number of benzene rings is 1. The molecule has 1 aromatic carbocycles. The molecule has 24 heavy (non-hydrogen) atoms. The van der Waals surface area contributed by atoms with Gasteiger partial charge >= 0.3 is 0 Å². The predicted octanol–water partition coefficient (Wildman–Crippen LogP) is 2.77. The normalized spacial score (nSPS) is 15.5. The summed E-state index contributed by atoms with van der Waals surface area (Å²) >= 11 is 1.03. The first-order chi connectivity index (χ1) is 11.5. The molecule has 2 aromatic rings. The largest absolute Gasteiger partial charge is 0.347 e. The van der Waals surface area contributed by atoms with Gasteiger partial charge in [-0.2, -0.15) is 4.31 Å². The van der Waals surface area contributed by atoms with E-state index in [9.17, 15) is 13.2 Å². The molecule has 0 spiro atoms. The van der Waals surface area contributed by atoms with Crippen LogP contribution in [0.2, 0.25) is 0 Å². The van der Waals surface area contributed by atoms with E-state index in [0.29, 0.717) is 24.5 Å². The van der Waals surface area contributed by atoms with E-state index in [1.165, 1.54) is 15.9 Å². The fourth-order valence-electron chi connectivity index (χ4n) is 2.61. The standard InChI is InChI=1S/C17H20N2O3S2/c1-13-4-6-14(7-5-13)12-18-17(20)15-8-9-16(23-15)24(21,22)19-10-2-3-11-19/h4-9H,2-3,10-12H2,1H3,(H,18,20). The third-order valence-electron chi connectivity index (χ3n) is 4.04. The Morgan fingerprint density at radius 1 is 1.12 bits per heavy atom. The molecule has 0 bridgehead atoms. The highest BCUT2D eigenvalue weighted by atomic mass is 32.2. The van der Waals surface area contributed by atoms with Crippen molar-refractivity contribution in [3.05, 3.63) is 52.4 Å². The third-order valence-corrected chi connectivity index (χ3v) is 7.49. The van der Waals surface area contributed by atoms with Crippen molar-refractivity contribution in [1.29, 1.82) is 0 Å². The maximum atomic E-state index is 12.5. The lowest BCUT2D eigenvalue weighted by atomic mass is 10.1. The summed E-state index contributed by atoms with van der Waals surface area (Å²) in [4.78, 5) is 12.7. The first-order valence-corrected chi connectivity index (χ1v) is 10.2. The Bertz CT molecular complexity index is 820. The van der Waals surface area contributed by atoms with E-state index in [2.05, 4.69) is 5.32 Å². The van der Waals surface area contributed by atoms with Crippen molar-refractivity contribution < 1.29 is 13.2 Å². The number of carbonyl (C=O) groups excluding carboxylic acids is 1. The van der Waals surface area contributed by atoms with Gasteiger partial charge < -0.3 is 5.32 Å². The summed E-state index contributed by atoms with van der Waals surface area (Å²) in [6.45, 7) is 3.56. The molecule has 0 aliphatic carbocycles. The topological polar surface area (TPSA) is 66.5 Å². The molecule has 7 heteroatoms. The summed E-state index contributed by atoms with van der Waals surface area (Å²) in [5.74, 6) is -0.247. The third kappa shape index (κ3) is 3.68. The molecule has 0 unspecified atom stereocenters. The van der Waals surface area contributed by atoms with Crippen molar-refractivity contribution in [2.45, 2.75) is 30.5 Å². The Hall–Kier alpha value is -1.70. The maximum Gasteiger partial charge on any atom is 0.261 e. The van der Waals surface area contributed by atoms with Crippen LogP contribution >= 0.6 is 11.3 Å². The summed E-state index contributed by atoms with van der Waals surface area (Å²) in [6.07, 6.45) is 1.79. The van der Waals surface area contributed by atoms with Gasteiger partial charge in [0.2, 0.25) is 0 Å². The summed E-state index contributed by atoms with van der Waals surface area (Å²) in [5.41, 5.74) is 2.18. The highest BCUT2D eigenvalue weighted by Crippen LogP contribution is 2.27. The quantitative estimate of drug-likeness (QED) is 0.887. The Morgan fingerprint density at radius 2 is 1.79 bits per heavy atom. The number of nitrogens with zero attached hydrogens (tertiary/aromatic N) is 1. The Labute approximate surface area is 146 Å². The van der Waals surface area contributed by atoms with Gasteiger partial charge in [0.05, 0.1) is 4.88 Å². The van der Waals surface area contributed by atoms with E-state index >= 15 is 0 Å². The monoisotopic (exact) mass is 364 g/mol. The molecule has 0 atom stereocenters. The summed E-state index contributed by atoms with van der Waals surface area (Å²) in [5, 5.41) is 2.83. The molecular weight excluding hydrogens is 344 g/mol. The van der Waals surface area contributed by atoms with Crippen LogP contribution in [0, 0.1) is 6.92 Å². The SMILES string of the molecule is Cc1ccc(CNC(=O)c2ccc(S(=O)(=O)N3CCCC3)s2)cc1. The van der Waals surface area contributed by atoms with Gasteiger partial charge in [0.25, 0.3) is 15.9 Å². The van der Waals surface area contributed by atoms with Crippen molar-refractivity contribution in [3.63, 3.8) is 0 Å².